The van der Waals surface area contributed by atoms with E-state index in [1.807, 2.05) is 0 Å². The van der Waals surface area contributed by atoms with E-state index in [1.54, 1.807) is 0 Å². The third-order valence-corrected chi connectivity index (χ3v) is 5.08. The van der Waals surface area contributed by atoms with Gasteiger partial charge in [-0.3, -0.25) is 9.58 Å². The van der Waals surface area contributed by atoms with Crippen LogP contribution in [0, 0.1) is 0 Å². The van der Waals surface area contributed by atoms with Crippen molar-refractivity contribution in [2.45, 2.75) is 71.0 Å². The Hall–Kier alpha value is -0.350. The van der Waals surface area contributed by atoms with Crippen molar-refractivity contribution in [1.82, 2.24) is 14.7 Å². The van der Waals surface area contributed by atoms with Gasteiger partial charge in [0.25, 0.3) is 0 Å². The molecule has 0 spiro atoms. The van der Waals surface area contributed by atoms with Gasteiger partial charge in [-0.25, -0.2) is 0 Å². The molecule has 1 aromatic rings. The molecule has 1 fully saturated rings. The molecule has 1 aliphatic rings. The lowest BCUT2D eigenvalue weighted by molar-refractivity contribution is 0.118. The van der Waals surface area contributed by atoms with Gasteiger partial charge in [0.05, 0.1) is 11.7 Å². The maximum atomic E-state index is 4.80. The Morgan fingerprint density at radius 2 is 2.15 bits per heavy atom. The van der Waals surface area contributed by atoms with E-state index in [0.29, 0.717) is 6.04 Å². The summed E-state index contributed by atoms with van der Waals surface area (Å²) >= 11 is 3.55. The summed E-state index contributed by atoms with van der Waals surface area (Å²) in [7, 11) is 0. The fraction of sp³-hybridized carbons (Fsp3) is 0.812. The maximum absolute atomic E-state index is 4.80. The molecule has 2 rings (SSSR count). The second kappa shape index (κ2) is 8.18. The summed E-state index contributed by atoms with van der Waals surface area (Å²) in [6.07, 6.45) is 9.85. The van der Waals surface area contributed by atoms with Crippen LogP contribution >= 0.6 is 15.9 Å². The molecule has 0 aromatic carbocycles. The molecule has 0 saturated heterocycles. The minimum atomic E-state index is 0.559. The van der Waals surface area contributed by atoms with Crippen molar-refractivity contribution in [3.05, 3.63) is 18.0 Å². The van der Waals surface area contributed by atoms with E-state index in [9.17, 15) is 0 Å². The Morgan fingerprint density at radius 3 is 2.70 bits per heavy atom. The van der Waals surface area contributed by atoms with E-state index in [4.69, 9.17) is 5.10 Å². The lowest BCUT2D eigenvalue weighted by Crippen LogP contribution is -2.40. The van der Waals surface area contributed by atoms with Gasteiger partial charge in [0.15, 0.2) is 0 Å². The van der Waals surface area contributed by atoms with Crippen LogP contribution in [0.1, 0.15) is 64.1 Å². The van der Waals surface area contributed by atoms with Crippen molar-refractivity contribution in [2.24, 2.45) is 0 Å². The summed E-state index contributed by atoms with van der Waals surface area (Å²) in [6, 6.07) is 3.56. The molecule has 20 heavy (non-hydrogen) atoms. The first-order chi connectivity index (χ1) is 9.78. The van der Waals surface area contributed by atoms with Gasteiger partial charge in [0, 0.05) is 24.1 Å². The van der Waals surface area contributed by atoms with Crippen molar-refractivity contribution < 1.29 is 0 Å². The highest BCUT2D eigenvalue weighted by Gasteiger charge is 2.25. The molecule has 0 bridgehead atoms. The molecule has 1 aromatic heterocycles. The van der Waals surface area contributed by atoms with E-state index >= 15 is 0 Å². The molecule has 3 nitrogen and oxygen atoms in total. The summed E-state index contributed by atoms with van der Waals surface area (Å²) in [5, 5.41) is 5.90. The average molecular weight is 342 g/mol. The Kier molecular flexibility index (Phi) is 6.56. The van der Waals surface area contributed by atoms with Gasteiger partial charge in [0.1, 0.15) is 0 Å². The van der Waals surface area contributed by atoms with Crippen LogP contribution in [0.15, 0.2) is 12.3 Å². The summed E-state index contributed by atoms with van der Waals surface area (Å²) in [4.78, 5) is 2.63. The van der Waals surface area contributed by atoms with Crippen LogP contribution in [-0.4, -0.2) is 32.6 Å². The van der Waals surface area contributed by atoms with Crippen LogP contribution < -0.4 is 0 Å². The first kappa shape index (κ1) is 16.0. The zero-order valence-electron chi connectivity index (χ0n) is 12.9. The molecule has 0 atom stereocenters. The van der Waals surface area contributed by atoms with Gasteiger partial charge in [-0.2, -0.15) is 5.10 Å². The Bertz CT molecular complexity index is 383. The predicted molar refractivity (Wildman–Crippen MR) is 88.3 cm³/mol. The van der Waals surface area contributed by atoms with E-state index in [0.717, 1.165) is 30.8 Å². The van der Waals surface area contributed by atoms with Crippen LogP contribution in [0.25, 0.3) is 0 Å². The highest BCUT2D eigenvalue weighted by atomic mass is 79.9. The third kappa shape index (κ3) is 4.08. The lowest BCUT2D eigenvalue weighted by Gasteiger charge is -2.37. The van der Waals surface area contributed by atoms with Crippen LogP contribution in [0.5, 0.6) is 0 Å². The van der Waals surface area contributed by atoms with Gasteiger partial charge in [0.2, 0.25) is 0 Å². The fourth-order valence-corrected chi connectivity index (χ4v) is 3.19. The molecule has 1 saturated carbocycles. The largest absolute Gasteiger partial charge is 0.294 e. The number of rotatable bonds is 9. The van der Waals surface area contributed by atoms with E-state index in [-0.39, 0.29) is 0 Å². The first-order valence-corrected chi connectivity index (χ1v) is 9.24. The van der Waals surface area contributed by atoms with Crippen molar-refractivity contribution in [2.75, 3.05) is 11.9 Å². The number of hydrogen-bond donors (Lipinski definition) is 0. The molecule has 0 radical (unpaired) electrons. The third-order valence-electron chi connectivity index (χ3n) is 4.52. The number of alkyl halides is 1. The standard InChI is InChI=1S/C16H28BrN3/c1-3-15(4-2)20-12-9-14(18-20)13-19(11-6-10-17)16-7-5-8-16/h9,12,15-16H,3-8,10-11,13H2,1-2H3. The zero-order chi connectivity index (χ0) is 14.4. The number of halogens is 1. The average Bonchev–Trinajstić information content (AvgIpc) is 2.84. The van der Waals surface area contributed by atoms with Crippen molar-refractivity contribution in [3.63, 3.8) is 0 Å². The maximum Gasteiger partial charge on any atom is 0.0765 e. The Labute approximate surface area is 131 Å². The number of aromatic nitrogens is 2. The van der Waals surface area contributed by atoms with E-state index < -0.39 is 0 Å². The summed E-state index contributed by atoms with van der Waals surface area (Å²) in [5.41, 5.74) is 1.23. The molecule has 0 aliphatic heterocycles. The van der Waals surface area contributed by atoms with Crippen LogP contribution in [0.4, 0.5) is 0 Å². The molecule has 0 amide bonds. The zero-order valence-corrected chi connectivity index (χ0v) is 14.5. The fourth-order valence-electron chi connectivity index (χ4n) is 2.94. The van der Waals surface area contributed by atoms with Crippen molar-refractivity contribution in [1.29, 1.82) is 0 Å². The van der Waals surface area contributed by atoms with Crippen LogP contribution in [0.3, 0.4) is 0 Å². The molecule has 0 N–H and O–H groups in total. The van der Waals surface area contributed by atoms with Gasteiger partial charge in [-0.1, -0.05) is 36.2 Å². The van der Waals surface area contributed by atoms with Crippen LogP contribution in [-0.2, 0) is 6.54 Å². The molecular weight excluding hydrogens is 314 g/mol. The summed E-state index contributed by atoms with van der Waals surface area (Å²) in [5.74, 6) is 0. The van der Waals surface area contributed by atoms with Gasteiger partial charge >= 0.3 is 0 Å². The first-order valence-electron chi connectivity index (χ1n) is 8.12. The second-order valence-corrected chi connectivity index (χ2v) is 6.65. The van der Waals surface area contributed by atoms with Crippen LogP contribution in [0.2, 0.25) is 0 Å². The molecule has 114 valence electrons. The SMILES string of the molecule is CCC(CC)n1ccc(CN(CCCBr)C2CCC2)n1. The molecule has 0 unspecified atom stereocenters. The highest BCUT2D eigenvalue weighted by Crippen LogP contribution is 2.26. The predicted octanol–water partition coefficient (Wildman–Crippen LogP) is 4.38. The number of nitrogens with zero attached hydrogens (tertiary/aromatic N) is 3. The monoisotopic (exact) mass is 341 g/mol. The summed E-state index contributed by atoms with van der Waals surface area (Å²) < 4.78 is 2.17. The highest BCUT2D eigenvalue weighted by molar-refractivity contribution is 9.09. The topological polar surface area (TPSA) is 21.1 Å². The van der Waals surface area contributed by atoms with Gasteiger partial charge in [-0.15, -0.1) is 0 Å². The Morgan fingerprint density at radius 1 is 1.40 bits per heavy atom. The van der Waals surface area contributed by atoms with E-state index in [1.165, 1.54) is 37.9 Å². The second-order valence-electron chi connectivity index (χ2n) is 5.86. The van der Waals surface area contributed by atoms with Gasteiger partial charge < -0.3 is 0 Å². The minimum absolute atomic E-state index is 0.559. The minimum Gasteiger partial charge on any atom is -0.294 e. The van der Waals surface area contributed by atoms with E-state index in [2.05, 4.69) is 51.6 Å². The molecule has 1 aliphatic carbocycles. The molecule has 4 heteroatoms. The smallest absolute Gasteiger partial charge is 0.0765 e. The summed E-state index contributed by atoms with van der Waals surface area (Å²) in [6.45, 7) is 6.69. The van der Waals surface area contributed by atoms with Crippen molar-refractivity contribution >= 4 is 15.9 Å². The Balaban J connectivity index is 1.95. The molecule has 1 heterocycles. The van der Waals surface area contributed by atoms with Gasteiger partial charge in [-0.05, 0) is 44.7 Å². The van der Waals surface area contributed by atoms with Crippen molar-refractivity contribution in [3.8, 4) is 0 Å². The lowest BCUT2D eigenvalue weighted by atomic mass is 9.91. The quantitative estimate of drug-likeness (QED) is 0.621. The molecular formula is C16H28BrN3. The number of hydrogen-bond acceptors (Lipinski definition) is 2. The normalized spacial score (nSPS) is 16.1.